The average molecular weight is 414 g/mol. The molecule has 1 heterocycles. The summed E-state index contributed by atoms with van der Waals surface area (Å²) in [6.45, 7) is 7.18. The van der Waals surface area contributed by atoms with E-state index in [2.05, 4.69) is 4.90 Å². The molecule has 0 aromatic heterocycles. The molecule has 1 aliphatic rings. The smallest absolute Gasteiger partial charge is 0.243 e. The summed E-state index contributed by atoms with van der Waals surface area (Å²) < 4.78 is 27.3. The van der Waals surface area contributed by atoms with Crippen molar-refractivity contribution in [2.75, 3.05) is 26.2 Å². The Labute approximate surface area is 167 Å². The van der Waals surface area contributed by atoms with E-state index in [1.165, 1.54) is 0 Å². The third-order valence-electron chi connectivity index (χ3n) is 4.74. The Morgan fingerprint density at radius 2 is 1.65 bits per heavy atom. The number of halogens is 2. The highest BCUT2D eigenvalue weighted by Crippen LogP contribution is 2.21. The summed E-state index contributed by atoms with van der Waals surface area (Å²) in [6.07, 6.45) is 0. The molecule has 3 rings (SSSR count). The van der Waals surface area contributed by atoms with E-state index in [1.54, 1.807) is 16.4 Å². The van der Waals surface area contributed by atoms with Gasteiger partial charge in [0.1, 0.15) is 0 Å². The standard InChI is InChI=1S/C19H23ClN2O2S.ClH/c1-15-6-7-19(12-16(15)2)25(23,24)22-10-8-21(9-11-22)14-17-4-3-5-18(20)13-17;/h3-7,12-13H,8-11,14H2,1-2H3;1H/p-1. The van der Waals surface area contributed by atoms with Crippen LogP contribution in [0.25, 0.3) is 0 Å². The van der Waals surface area contributed by atoms with Gasteiger partial charge in [-0.3, -0.25) is 4.90 Å². The lowest BCUT2D eigenvalue weighted by atomic mass is 10.1. The molecule has 1 aliphatic heterocycles. The molecule has 0 unspecified atom stereocenters. The van der Waals surface area contributed by atoms with Crippen molar-refractivity contribution < 1.29 is 20.8 Å². The molecule has 0 aliphatic carbocycles. The van der Waals surface area contributed by atoms with Crippen LogP contribution in [0.3, 0.4) is 0 Å². The topological polar surface area (TPSA) is 40.6 Å². The highest BCUT2D eigenvalue weighted by atomic mass is 35.5. The van der Waals surface area contributed by atoms with Gasteiger partial charge < -0.3 is 12.4 Å². The van der Waals surface area contributed by atoms with Crippen molar-refractivity contribution in [1.82, 2.24) is 9.21 Å². The van der Waals surface area contributed by atoms with E-state index in [0.717, 1.165) is 41.3 Å². The molecule has 142 valence electrons. The van der Waals surface area contributed by atoms with Gasteiger partial charge in [-0.1, -0.05) is 29.8 Å². The molecular weight excluding hydrogens is 391 g/mol. The van der Waals surface area contributed by atoms with Crippen molar-refractivity contribution in [2.24, 2.45) is 0 Å². The summed E-state index contributed by atoms with van der Waals surface area (Å²) in [6, 6.07) is 13.2. The number of rotatable bonds is 4. The number of sulfonamides is 1. The Morgan fingerprint density at radius 1 is 0.962 bits per heavy atom. The highest BCUT2D eigenvalue weighted by Gasteiger charge is 2.28. The van der Waals surface area contributed by atoms with Gasteiger partial charge in [-0.25, -0.2) is 8.42 Å². The van der Waals surface area contributed by atoms with Crippen molar-refractivity contribution in [3.05, 3.63) is 64.2 Å². The fourth-order valence-corrected chi connectivity index (χ4v) is 4.77. The van der Waals surface area contributed by atoms with E-state index in [1.807, 2.05) is 44.2 Å². The van der Waals surface area contributed by atoms with Gasteiger partial charge in [0.25, 0.3) is 0 Å². The van der Waals surface area contributed by atoms with Gasteiger partial charge in [0.2, 0.25) is 10.0 Å². The second-order valence-corrected chi connectivity index (χ2v) is 8.93. The quantitative estimate of drug-likeness (QED) is 0.731. The van der Waals surface area contributed by atoms with Crippen LogP contribution in [0, 0.1) is 13.8 Å². The van der Waals surface area contributed by atoms with Crippen LogP contribution in [0.4, 0.5) is 0 Å². The SMILES string of the molecule is Cc1ccc(S(=O)(=O)N2CCN(Cc3cccc(Cl)c3)CC2)cc1C.[Cl-]. The van der Waals surface area contributed by atoms with Gasteiger partial charge in [-0.05, 0) is 54.8 Å². The van der Waals surface area contributed by atoms with Gasteiger partial charge in [0.15, 0.2) is 0 Å². The van der Waals surface area contributed by atoms with Gasteiger partial charge in [0.05, 0.1) is 4.90 Å². The Balaban J connectivity index is 0.00000243. The molecule has 0 atom stereocenters. The Hall–Kier alpha value is -1.11. The summed E-state index contributed by atoms with van der Waals surface area (Å²) >= 11 is 6.03. The van der Waals surface area contributed by atoms with E-state index in [9.17, 15) is 8.42 Å². The normalized spacial score (nSPS) is 16.3. The number of piperazine rings is 1. The molecule has 0 N–H and O–H groups in total. The van der Waals surface area contributed by atoms with Crippen LogP contribution in [-0.4, -0.2) is 43.8 Å². The molecule has 26 heavy (non-hydrogen) atoms. The molecule has 0 spiro atoms. The average Bonchev–Trinajstić information content (AvgIpc) is 2.58. The minimum absolute atomic E-state index is 0. The number of nitrogens with zero attached hydrogens (tertiary/aromatic N) is 2. The third kappa shape index (κ3) is 4.78. The molecule has 1 saturated heterocycles. The van der Waals surface area contributed by atoms with Crippen molar-refractivity contribution in [2.45, 2.75) is 25.3 Å². The minimum Gasteiger partial charge on any atom is -1.00 e. The van der Waals surface area contributed by atoms with Crippen molar-refractivity contribution in [3.8, 4) is 0 Å². The van der Waals surface area contributed by atoms with Crippen molar-refractivity contribution in [1.29, 1.82) is 0 Å². The number of benzene rings is 2. The monoisotopic (exact) mass is 413 g/mol. The first-order chi connectivity index (χ1) is 11.9. The summed E-state index contributed by atoms with van der Waals surface area (Å²) in [5, 5.41) is 0.730. The molecule has 0 bridgehead atoms. The Morgan fingerprint density at radius 3 is 2.27 bits per heavy atom. The maximum Gasteiger partial charge on any atom is 0.243 e. The molecule has 2 aromatic rings. The second kappa shape index (κ2) is 8.72. The zero-order chi connectivity index (χ0) is 18.0. The largest absolute Gasteiger partial charge is 1.00 e. The van der Waals surface area contributed by atoms with E-state index >= 15 is 0 Å². The minimum atomic E-state index is -3.42. The molecule has 1 fully saturated rings. The maximum atomic E-state index is 12.9. The maximum absolute atomic E-state index is 12.9. The number of aryl methyl sites for hydroxylation is 2. The fraction of sp³-hybridized carbons (Fsp3) is 0.368. The van der Waals surface area contributed by atoms with Gasteiger partial charge >= 0.3 is 0 Å². The molecular formula is C19H23Cl2N2O2S-. The van der Waals surface area contributed by atoms with Crippen LogP contribution < -0.4 is 12.4 Å². The predicted octanol–water partition coefficient (Wildman–Crippen LogP) is 0.467. The van der Waals surface area contributed by atoms with Crippen LogP contribution in [0.5, 0.6) is 0 Å². The molecule has 0 saturated carbocycles. The molecule has 0 amide bonds. The van der Waals surface area contributed by atoms with E-state index in [0.29, 0.717) is 18.0 Å². The summed E-state index contributed by atoms with van der Waals surface area (Å²) in [7, 11) is -3.42. The number of hydrogen-bond donors (Lipinski definition) is 0. The summed E-state index contributed by atoms with van der Waals surface area (Å²) in [5.41, 5.74) is 3.25. The Kier molecular flexibility index (Phi) is 7.11. The lowest BCUT2D eigenvalue weighted by molar-refractivity contribution is -0.00000779. The zero-order valence-corrected chi connectivity index (χ0v) is 17.3. The second-order valence-electron chi connectivity index (χ2n) is 6.56. The van der Waals surface area contributed by atoms with E-state index in [-0.39, 0.29) is 12.4 Å². The lowest BCUT2D eigenvalue weighted by Crippen LogP contribution is -3.00. The van der Waals surface area contributed by atoms with E-state index in [4.69, 9.17) is 11.6 Å². The van der Waals surface area contributed by atoms with Crippen LogP contribution in [0.15, 0.2) is 47.4 Å². The first-order valence-corrected chi connectivity index (χ1v) is 10.2. The van der Waals surface area contributed by atoms with Gasteiger partial charge in [-0.2, -0.15) is 4.31 Å². The van der Waals surface area contributed by atoms with Crippen LogP contribution >= 0.6 is 11.6 Å². The van der Waals surface area contributed by atoms with Crippen LogP contribution in [0.1, 0.15) is 16.7 Å². The van der Waals surface area contributed by atoms with Crippen LogP contribution in [-0.2, 0) is 16.6 Å². The number of hydrogen-bond acceptors (Lipinski definition) is 3. The van der Waals surface area contributed by atoms with Crippen LogP contribution in [0.2, 0.25) is 5.02 Å². The first-order valence-electron chi connectivity index (χ1n) is 8.40. The fourth-order valence-electron chi connectivity index (χ4n) is 3.04. The molecule has 0 radical (unpaired) electrons. The third-order valence-corrected chi connectivity index (χ3v) is 6.87. The lowest BCUT2D eigenvalue weighted by Gasteiger charge is -2.34. The van der Waals surface area contributed by atoms with Gasteiger partial charge in [-0.15, -0.1) is 0 Å². The molecule has 4 nitrogen and oxygen atoms in total. The van der Waals surface area contributed by atoms with E-state index < -0.39 is 10.0 Å². The summed E-state index contributed by atoms with van der Waals surface area (Å²) in [5.74, 6) is 0. The zero-order valence-electron chi connectivity index (χ0n) is 15.0. The predicted molar refractivity (Wildman–Crippen MR) is 101 cm³/mol. The molecule has 2 aromatic carbocycles. The highest BCUT2D eigenvalue weighted by molar-refractivity contribution is 7.89. The van der Waals surface area contributed by atoms with Crippen molar-refractivity contribution >= 4 is 21.6 Å². The first kappa shape index (κ1) is 21.2. The summed E-state index contributed by atoms with van der Waals surface area (Å²) in [4.78, 5) is 2.65. The Bertz CT molecular complexity index is 864. The van der Waals surface area contributed by atoms with Gasteiger partial charge in [0, 0.05) is 37.7 Å². The van der Waals surface area contributed by atoms with Crippen molar-refractivity contribution in [3.63, 3.8) is 0 Å². The molecule has 7 heteroatoms.